The van der Waals surface area contributed by atoms with E-state index in [1.54, 1.807) is 6.07 Å². The Morgan fingerprint density at radius 1 is 1.33 bits per heavy atom. The molecule has 176 valence electrons. The molecule has 33 heavy (non-hydrogen) atoms. The van der Waals surface area contributed by atoms with E-state index >= 15 is 0 Å². The van der Waals surface area contributed by atoms with Crippen LogP contribution in [-0.4, -0.2) is 46.3 Å². The molecule has 0 saturated carbocycles. The van der Waals surface area contributed by atoms with Crippen molar-refractivity contribution in [3.05, 3.63) is 64.2 Å². The summed E-state index contributed by atoms with van der Waals surface area (Å²) in [7, 11) is 0. The van der Waals surface area contributed by atoms with Crippen LogP contribution in [0.1, 0.15) is 12.0 Å². The van der Waals surface area contributed by atoms with Gasteiger partial charge in [-0.15, -0.1) is 0 Å². The molecular formula is C20H20F2N4O6S. The molecular weight excluding hydrogens is 462 g/mol. The number of nitrogens with one attached hydrogen (secondary N) is 2. The van der Waals surface area contributed by atoms with Gasteiger partial charge in [0, 0.05) is 36.4 Å². The van der Waals surface area contributed by atoms with Crippen LogP contribution in [0.4, 0.5) is 25.0 Å². The lowest BCUT2D eigenvalue weighted by Gasteiger charge is -2.34. The van der Waals surface area contributed by atoms with Crippen LogP contribution in [0.15, 0.2) is 48.5 Å². The first-order chi connectivity index (χ1) is 15.7. The third kappa shape index (κ3) is 6.08. The van der Waals surface area contributed by atoms with E-state index in [2.05, 4.69) is 28.2 Å². The minimum absolute atomic E-state index is 0.0881. The number of aldehydes is 1. The number of thiol groups is 1. The van der Waals surface area contributed by atoms with E-state index in [0.717, 1.165) is 4.90 Å². The first-order valence-corrected chi connectivity index (χ1v) is 10.1. The van der Waals surface area contributed by atoms with E-state index in [4.69, 9.17) is 4.74 Å². The molecule has 1 aliphatic rings. The van der Waals surface area contributed by atoms with Gasteiger partial charge in [0.2, 0.25) is 0 Å². The molecule has 10 nitrogen and oxygen atoms in total. The number of amides is 1. The lowest BCUT2D eigenvalue weighted by atomic mass is 10.1. The highest BCUT2D eigenvalue weighted by atomic mass is 32.1. The largest absolute Gasteiger partial charge is 0.444 e. The molecule has 1 saturated heterocycles. The lowest BCUT2D eigenvalue weighted by Crippen LogP contribution is -2.60. The first kappa shape index (κ1) is 24.2. The quantitative estimate of drug-likeness (QED) is 0.215. The van der Waals surface area contributed by atoms with Crippen LogP contribution in [-0.2, 0) is 16.1 Å². The molecule has 1 aliphatic heterocycles. The Labute approximate surface area is 192 Å². The highest BCUT2D eigenvalue weighted by Gasteiger charge is 2.48. The number of nitro groups is 1. The Kier molecular flexibility index (Phi) is 7.66. The predicted octanol–water partition coefficient (Wildman–Crippen LogP) is 3.35. The van der Waals surface area contributed by atoms with Crippen LogP contribution in [0, 0.1) is 10.1 Å². The van der Waals surface area contributed by atoms with E-state index in [9.17, 15) is 28.5 Å². The highest BCUT2D eigenvalue weighted by molar-refractivity contribution is 7.81. The number of likely N-dealkylation sites (tertiary alicyclic amines) is 1. The Balaban J connectivity index is 1.67. The summed E-state index contributed by atoms with van der Waals surface area (Å²) in [6.45, 7) is -3.06. The third-order valence-corrected chi connectivity index (χ3v) is 5.17. The van der Waals surface area contributed by atoms with Crippen molar-refractivity contribution in [2.24, 2.45) is 0 Å². The average molecular weight is 482 g/mol. The van der Waals surface area contributed by atoms with Gasteiger partial charge >= 0.3 is 12.7 Å². The van der Waals surface area contributed by atoms with Crippen LogP contribution in [0.3, 0.4) is 0 Å². The number of hydrogen-bond donors (Lipinski definition) is 3. The number of hydrogen-bond acceptors (Lipinski definition) is 9. The Bertz CT molecular complexity index is 1010. The normalized spacial score (nSPS) is 19.9. The van der Waals surface area contributed by atoms with Gasteiger partial charge in [-0.1, -0.05) is 6.07 Å². The second-order valence-electron chi connectivity index (χ2n) is 7.15. The molecule has 1 amide bonds. The number of hydrazine groups is 1. The summed E-state index contributed by atoms with van der Waals surface area (Å²) in [5.74, 6) is -0.0881. The summed E-state index contributed by atoms with van der Waals surface area (Å²) in [5, 5.41) is 10.4. The zero-order valence-corrected chi connectivity index (χ0v) is 17.9. The van der Waals surface area contributed by atoms with Gasteiger partial charge < -0.3 is 14.9 Å². The summed E-state index contributed by atoms with van der Waals surface area (Å²) in [5.41, 5.74) is 4.72. The van der Waals surface area contributed by atoms with Crippen molar-refractivity contribution in [2.45, 2.75) is 30.6 Å². The Hall–Kier alpha value is -3.45. The lowest BCUT2D eigenvalue weighted by molar-refractivity contribution is -0.384. The average Bonchev–Trinajstić information content (AvgIpc) is 3.13. The maximum atomic E-state index is 12.7. The highest BCUT2D eigenvalue weighted by Crippen LogP contribution is 2.30. The minimum Gasteiger partial charge on any atom is -0.444 e. The molecule has 0 radical (unpaired) electrons. The maximum absolute atomic E-state index is 12.7. The Morgan fingerprint density at radius 2 is 2.06 bits per heavy atom. The SMILES string of the molecule is O=C[C@@]1(NNc2cccc(OC(F)F)c2)C[C@H](S)CN1C(=O)OCc1ccc([N+](=O)[O-])cc1. The van der Waals surface area contributed by atoms with Gasteiger partial charge in [0.15, 0.2) is 11.9 Å². The summed E-state index contributed by atoms with van der Waals surface area (Å²) < 4.78 is 34.5. The number of benzene rings is 2. The topological polar surface area (TPSA) is 123 Å². The smallest absolute Gasteiger partial charge is 0.412 e. The number of ether oxygens (including phenoxy) is 2. The first-order valence-electron chi connectivity index (χ1n) is 9.62. The number of nitrogens with zero attached hydrogens (tertiary/aromatic N) is 2. The monoisotopic (exact) mass is 482 g/mol. The van der Waals surface area contributed by atoms with Gasteiger partial charge in [-0.25, -0.2) is 10.2 Å². The number of nitro benzene ring substituents is 1. The summed E-state index contributed by atoms with van der Waals surface area (Å²) in [6.07, 6.45) is -0.129. The molecule has 3 rings (SSSR count). The molecule has 0 spiro atoms. The molecule has 13 heteroatoms. The molecule has 0 aromatic heterocycles. The van der Waals surface area contributed by atoms with Gasteiger partial charge in [0.25, 0.3) is 5.69 Å². The number of non-ortho nitro benzene ring substituents is 1. The third-order valence-electron chi connectivity index (χ3n) is 4.83. The van der Waals surface area contributed by atoms with Crippen LogP contribution < -0.4 is 15.6 Å². The van der Waals surface area contributed by atoms with E-state index in [-0.39, 0.29) is 36.3 Å². The molecule has 1 fully saturated rings. The number of carbonyl (C=O) groups excluding carboxylic acids is 2. The molecule has 0 aliphatic carbocycles. The standard InChI is InChI=1S/C20H20F2N4O6S/c21-18(22)32-16-3-1-2-14(8-16)23-24-20(12-27)9-17(33)10-25(20)19(28)31-11-13-4-6-15(7-5-13)26(29)30/h1-8,12,17-18,23-24,33H,9-11H2/t17-,20+/m0/s1. The van der Waals surface area contributed by atoms with Crippen LogP contribution >= 0.6 is 12.6 Å². The van der Waals surface area contributed by atoms with Crippen molar-refractivity contribution in [2.75, 3.05) is 12.0 Å². The van der Waals surface area contributed by atoms with Gasteiger partial charge in [-0.2, -0.15) is 21.4 Å². The molecule has 1 heterocycles. The molecule has 2 aromatic rings. The van der Waals surface area contributed by atoms with Crippen molar-refractivity contribution < 1.29 is 32.8 Å². The zero-order valence-electron chi connectivity index (χ0n) is 17.0. The Morgan fingerprint density at radius 3 is 2.70 bits per heavy atom. The van der Waals surface area contributed by atoms with E-state index in [1.165, 1.54) is 42.5 Å². The summed E-state index contributed by atoms with van der Waals surface area (Å²) >= 11 is 4.37. The summed E-state index contributed by atoms with van der Waals surface area (Å²) in [6, 6.07) is 11.1. The van der Waals surface area contributed by atoms with E-state index in [1.807, 2.05) is 0 Å². The molecule has 0 bridgehead atoms. The van der Waals surface area contributed by atoms with Crippen LogP contribution in [0.5, 0.6) is 5.75 Å². The molecule has 2 N–H and O–H groups in total. The van der Waals surface area contributed by atoms with Crippen molar-refractivity contribution >= 4 is 36.4 Å². The van der Waals surface area contributed by atoms with Gasteiger partial charge in [-0.3, -0.25) is 19.8 Å². The van der Waals surface area contributed by atoms with Gasteiger partial charge in [0.05, 0.1) is 10.6 Å². The van der Waals surface area contributed by atoms with Crippen molar-refractivity contribution in [1.29, 1.82) is 0 Å². The number of rotatable bonds is 9. The van der Waals surface area contributed by atoms with Crippen LogP contribution in [0.2, 0.25) is 0 Å². The number of halogens is 2. The molecule has 2 atom stereocenters. The molecule has 0 unspecified atom stereocenters. The predicted molar refractivity (Wildman–Crippen MR) is 116 cm³/mol. The zero-order chi connectivity index (χ0) is 24.0. The van der Waals surface area contributed by atoms with Crippen molar-refractivity contribution in [1.82, 2.24) is 10.3 Å². The number of anilines is 1. The fourth-order valence-corrected chi connectivity index (χ4v) is 3.71. The fourth-order valence-electron chi connectivity index (χ4n) is 3.27. The van der Waals surface area contributed by atoms with Crippen molar-refractivity contribution in [3.8, 4) is 5.75 Å². The van der Waals surface area contributed by atoms with E-state index < -0.39 is 23.3 Å². The number of carbonyl (C=O) groups is 2. The second-order valence-corrected chi connectivity index (χ2v) is 7.88. The van der Waals surface area contributed by atoms with E-state index in [0.29, 0.717) is 17.5 Å². The van der Waals surface area contributed by atoms with Gasteiger partial charge in [0.1, 0.15) is 12.4 Å². The van der Waals surface area contributed by atoms with Crippen molar-refractivity contribution in [3.63, 3.8) is 0 Å². The maximum Gasteiger partial charge on any atom is 0.412 e. The second kappa shape index (κ2) is 10.4. The fraction of sp³-hybridized carbons (Fsp3) is 0.300. The van der Waals surface area contributed by atoms with Gasteiger partial charge in [-0.05, 0) is 29.8 Å². The number of alkyl halides is 2. The molecule has 2 aromatic carbocycles. The summed E-state index contributed by atoms with van der Waals surface area (Å²) in [4.78, 5) is 36.1. The minimum atomic E-state index is -2.99. The van der Waals surface area contributed by atoms with Crippen LogP contribution in [0.25, 0.3) is 0 Å².